The number of anilines is 1. The van der Waals surface area contributed by atoms with Crippen LogP contribution in [0.4, 0.5) is 5.95 Å². The molecule has 2 unspecified atom stereocenters. The van der Waals surface area contributed by atoms with Crippen molar-refractivity contribution in [1.82, 2.24) is 15.0 Å². The van der Waals surface area contributed by atoms with Crippen molar-refractivity contribution in [3.63, 3.8) is 0 Å². The number of nitrogens with one attached hydrogen (secondary N) is 1. The normalized spacial score (nSPS) is 20.9. The molecule has 8 nitrogen and oxygen atoms in total. The van der Waals surface area contributed by atoms with Crippen molar-refractivity contribution in [2.24, 2.45) is 0 Å². The summed E-state index contributed by atoms with van der Waals surface area (Å²) in [4.78, 5) is 39.8. The van der Waals surface area contributed by atoms with Gasteiger partial charge in [0.05, 0.1) is 22.6 Å². The molecular weight excluding hydrogens is 444 g/mol. The number of pyridine rings is 1. The van der Waals surface area contributed by atoms with Crippen molar-refractivity contribution < 1.29 is 19.4 Å². The lowest BCUT2D eigenvalue weighted by Gasteiger charge is -2.22. The molecule has 1 fully saturated rings. The maximum atomic E-state index is 13.4. The Hall–Kier alpha value is -4.46. The van der Waals surface area contributed by atoms with Gasteiger partial charge in [0.15, 0.2) is 0 Å². The SMILES string of the molecule is Cc1ccc2nc(N3C(=O)C(=O)/C(=C(/O)c4ccc5c(c4)CC(C)O5)C3c3ccncc3)[nH]c2c1. The number of fused-ring (bicyclic) bond motifs is 2. The molecule has 2 aliphatic heterocycles. The van der Waals surface area contributed by atoms with E-state index in [4.69, 9.17) is 4.74 Å². The number of aromatic nitrogens is 3. The maximum absolute atomic E-state index is 13.4. The fraction of sp³-hybridized carbons (Fsp3) is 0.185. The minimum absolute atomic E-state index is 0.00440. The van der Waals surface area contributed by atoms with Gasteiger partial charge in [-0.1, -0.05) is 6.07 Å². The summed E-state index contributed by atoms with van der Waals surface area (Å²) in [6, 6.07) is 13.6. The minimum Gasteiger partial charge on any atom is -0.507 e. The van der Waals surface area contributed by atoms with Crippen LogP contribution in [0.2, 0.25) is 0 Å². The summed E-state index contributed by atoms with van der Waals surface area (Å²) in [6.07, 6.45) is 3.93. The zero-order valence-corrected chi connectivity index (χ0v) is 19.1. The topological polar surface area (TPSA) is 108 Å². The average Bonchev–Trinajstić information content (AvgIpc) is 3.51. The summed E-state index contributed by atoms with van der Waals surface area (Å²) in [5.74, 6) is -0.766. The Bertz CT molecular complexity index is 1540. The Morgan fingerprint density at radius 2 is 1.91 bits per heavy atom. The largest absolute Gasteiger partial charge is 0.507 e. The van der Waals surface area contributed by atoms with E-state index >= 15 is 0 Å². The van der Waals surface area contributed by atoms with Gasteiger partial charge in [0.2, 0.25) is 5.95 Å². The second-order valence-electron chi connectivity index (χ2n) is 8.99. The van der Waals surface area contributed by atoms with Gasteiger partial charge in [-0.05, 0) is 73.0 Å². The van der Waals surface area contributed by atoms with Crippen LogP contribution in [0.25, 0.3) is 16.8 Å². The predicted octanol–water partition coefficient (Wildman–Crippen LogP) is 4.22. The van der Waals surface area contributed by atoms with E-state index in [1.165, 1.54) is 4.90 Å². The molecule has 1 amide bonds. The monoisotopic (exact) mass is 466 g/mol. The van der Waals surface area contributed by atoms with E-state index in [1.54, 1.807) is 36.7 Å². The van der Waals surface area contributed by atoms with Crippen LogP contribution in [0.1, 0.15) is 35.2 Å². The molecule has 4 heterocycles. The molecule has 174 valence electrons. The number of carbonyl (C=O) groups excluding carboxylic acids is 2. The van der Waals surface area contributed by atoms with Crippen LogP contribution >= 0.6 is 0 Å². The van der Waals surface area contributed by atoms with Crippen LogP contribution in [-0.2, 0) is 16.0 Å². The Balaban J connectivity index is 1.53. The fourth-order valence-corrected chi connectivity index (χ4v) is 4.86. The van der Waals surface area contributed by atoms with Crippen LogP contribution in [0.3, 0.4) is 0 Å². The lowest BCUT2D eigenvalue weighted by atomic mass is 9.95. The Morgan fingerprint density at radius 3 is 2.71 bits per heavy atom. The van der Waals surface area contributed by atoms with E-state index in [-0.39, 0.29) is 23.4 Å². The first-order valence-corrected chi connectivity index (χ1v) is 11.4. The van der Waals surface area contributed by atoms with Gasteiger partial charge in [0, 0.05) is 24.4 Å². The number of H-pyrrole nitrogens is 1. The minimum atomic E-state index is -0.872. The molecule has 2 N–H and O–H groups in total. The van der Waals surface area contributed by atoms with Gasteiger partial charge in [-0.3, -0.25) is 19.5 Å². The van der Waals surface area contributed by atoms with Crippen molar-refractivity contribution in [3.05, 3.63) is 88.8 Å². The molecular formula is C27H22N4O4. The van der Waals surface area contributed by atoms with E-state index in [2.05, 4.69) is 15.0 Å². The van der Waals surface area contributed by atoms with Gasteiger partial charge >= 0.3 is 5.91 Å². The van der Waals surface area contributed by atoms with Crippen molar-refractivity contribution in [2.45, 2.75) is 32.4 Å². The third kappa shape index (κ3) is 3.37. The van der Waals surface area contributed by atoms with E-state index in [1.807, 2.05) is 38.1 Å². The summed E-state index contributed by atoms with van der Waals surface area (Å²) in [5, 5.41) is 11.4. The van der Waals surface area contributed by atoms with E-state index < -0.39 is 17.7 Å². The first kappa shape index (κ1) is 21.1. The number of nitrogens with zero attached hydrogens (tertiary/aromatic N) is 3. The molecule has 4 aromatic rings. The third-order valence-corrected chi connectivity index (χ3v) is 6.49. The lowest BCUT2D eigenvalue weighted by molar-refractivity contribution is -0.132. The summed E-state index contributed by atoms with van der Waals surface area (Å²) in [6.45, 7) is 3.94. The number of aryl methyl sites for hydroxylation is 1. The van der Waals surface area contributed by atoms with Gasteiger partial charge in [0.25, 0.3) is 5.78 Å². The van der Waals surface area contributed by atoms with Crippen molar-refractivity contribution in [2.75, 3.05) is 4.90 Å². The molecule has 2 aromatic heterocycles. The maximum Gasteiger partial charge on any atom is 0.302 e. The number of ketones is 1. The smallest absolute Gasteiger partial charge is 0.302 e. The quantitative estimate of drug-likeness (QED) is 0.266. The summed E-state index contributed by atoms with van der Waals surface area (Å²) < 4.78 is 5.76. The summed E-state index contributed by atoms with van der Waals surface area (Å²) >= 11 is 0. The number of amides is 1. The zero-order chi connectivity index (χ0) is 24.3. The van der Waals surface area contributed by atoms with Gasteiger partial charge in [-0.2, -0.15) is 0 Å². The highest BCUT2D eigenvalue weighted by atomic mass is 16.5. The number of hydrogen-bond donors (Lipinski definition) is 2. The highest BCUT2D eigenvalue weighted by Gasteiger charge is 2.48. The fourth-order valence-electron chi connectivity index (χ4n) is 4.86. The van der Waals surface area contributed by atoms with Crippen LogP contribution < -0.4 is 9.64 Å². The number of aromatic amines is 1. The molecule has 8 heteroatoms. The van der Waals surface area contributed by atoms with Gasteiger partial charge < -0.3 is 14.8 Å². The van der Waals surface area contributed by atoms with E-state index in [0.29, 0.717) is 23.1 Å². The highest BCUT2D eigenvalue weighted by Crippen LogP contribution is 2.42. The Kier molecular flexibility index (Phi) is 4.70. The number of rotatable bonds is 3. The molecule has 0 bridgehead atoms. The number of imidazole rings is 1. The Morgan fingerprint density at radius 1 is 1.11 bits per heavy atom. The van der Waals surface area contributed by atoms with E-state index in [0.717, 1.165) is 22.4 Å². The predicted molar refractivity (Wildman–Crippen MR) is 130 cm³/mol. The highest BCUT2D eigenvalue weighted by molar-refractivity contribution is 6.51. The Labute approximate surface area is 200 Å². The molecule has 0 spiro atoms. The van der Waals surface area contributed by atoms with Crippen LogP contribution in [-0.4, -0.2) is 37.9 Å². The zero-order valence-electron chi connectivity index (χ0n) is 19.1. The molecule has 2 aliphatic rings. The third-order valence-electron chi connectivity index (χ3n) is 6.49. The lowest BCUT2D eigenvalue weighted by Crippen LogP contribution is -2.30. The summed E-state index contributed by atoms with van der Waals surface area (Å²) in [5.41, 5.74) is 4.51. The van der Waals surface area contributed by atoms with Crippen LogP contribution in [0, 0.1) is 6.92 Å². The molecule has 2 atom stereocenters. The second kappa shape index (κ2) is 7.80. The van der Waals surface area contributed by atoms with Crippen molar-refractivity contribution in [1.29, 1.82) is 0 Å². The second-order valence-corrected chi connectivity index (χ2v) is 8.99. The number of Topliss-reactive ketones (excluding diaryl/α,β-unsaturated/α-hetero) is 1. The number of carbonyl (C=O) groups is 2. The van der Waals surface area contributed by atoms with Gasteiger partial charge in [-0.15, -0.1) is 0 Å². The molecule has 6 rings (SSSR count). The molecule has 0 saturated carbocycles. The average molecular weight is 466 g/mol. The first-order valence-electron chi connectivity index (χ1n) is 11.4. The number of aliphatic hydroxyl groups is 1. The van der Waals surface area contributed by atoms with E-state index in [9.17, 15) is 14.7 Å². The first-order chi connectivity index (χ1) is 16.9. The number of hydrogen-bond acceptors (Lipinski definition) is 6. The van der Waals surface area contributed by atoms with Crippen molar-refractivity contribution in [3.8, 4) is 5.75 Å². The van der Waals surface area contributed by atoms with Crippen LogP contribution in [0.5, 0.6) is 5.75 Å². The molecule has 0 aliphatic carbocycles. The van der Waals surface area contributed by atoms with Gasteiger partial charge in [-0.25, -0.2) is 4.98 Å². The molecule has 1 saturated heterocycles. The molecule has 35 heavy (non-hydrogen) atoms. The molecule has 2 aromatic carbocycles. The van der Waals surface area contributed by atoms with Gasteiger partial charge in [0.1, 0.15) is 17.6 Å². The number of benzene rings is 2. The summed E-state index contributed by atoms with van der Waals surface area (Å²) in [7, 11) is 0. The van der Waals surface area contributed by atoms with Crippen LogP contribution in [0.15, 0.2) is 66.5 Å². The number of ether oxygens (including phenoxy) is 1. The molecule has 0 radical (unpaired) electrons. The standard InChI is InChI=1S/C27H22N4O4/c1-14-3-5-19-20(11-14)30-27(29-19)31-23(16-7-9-28-10-8-16)22(25(33)26(31)34)24(32)17-4-6-21-18(13-17)12-15(2)35-21/h3-11,13,15,23,32H,12H2,1-2H3,(H,29,30)/b24-22+. The van der Waals surface area contributed by atoms with Crippen molar-refractivity contribution >= 4 is 34.4 Å². The number of aliphatic hydroxyl groups excluding tert-OH is 1.